The van der Waals surface area contributed by atoms with Gasteiger partial charge in [0.2, 0.25) is 5.91 Å². The molecule has 4 rings (SSSR count). The number of fused-ring (bicyclic) bond motifs is 1. The lowest BCUT2D eigenvalue weighted by molar-refractivity contribution is -0.146. The van der Waals surface area contributed by atoms with Gasteiger partial charge in [0.1, 0.15) is 0 Å². The van der Waals surface area contributed by atoms with Crippen molar-refractivity contribution in [2.45, 2.75) is 76.9 Å². The number of likely N-dealkylation sites (N-methyl/N-ethyl adjacent to an activating group) is 1. The zero-order valence-corrected chi connectivity index (χ0v) is 20.5. The molecule has 2 aliphatic heterocycles. The number of carbonyl (C=O) groups is 1. The van der Waals surface area contributed by atoms with Gasteiger partial charge in [0, 0.05) is 57.2 Å². The van der Waals surface area contributed by atoms with Crippen molar-refractivity contribution in [3.8, 4) is 0 Å². The highest BCUT2D eigenvalue weighted by Crippen LogP contribution is 2.48. The molecule has 3 heterocycles. The number of carbonyl (C=O) groups excluding carboxylic acids is 1. The SMILES string of the molecule is COC1COCCC1N(C)[C@@H]1CC[C@@](C(=O)N2CCc3ncc(C(F)(F)F)cc3C2)(C(C)C)C1. The lowest BCUT2D eigenvalue weighted by atomic mass is 9.73. The molecular formula is C25H36F3N3O3. The van der Waals surface area contributed by atoms with Crippen molar-refractivity contribution in [1.82, 2.24) is 14.8 Å². The van der Waals surface area contributed by atoms with E-state index in [4.69, 9.17) is 9.47 Å². The van der Waals surface area contributed by atoms with Gasteiger partial charge in [-0.15, -0.1) is 0 Å². The molecule has 0 radical (unpaired) electrons. The van der Waals surface area contributed by atoms with E-state index in [2.05, 4.69) is 30.8 Å². The van der Waals surface area contributed by atoms with Crippen LogP contribution in [0.15, 0.2) is 12.3 Å². The maximum Gasteiger partial charge on any atom is 0.417 e. The van der Waals surface area contributed by atoms with Gasteiger partial charge in [-0.05, 0) is 50.3 Å². The first-order valence-corrected chi connectivity index (χ1v) is 12.2. The van der Waals surface area contributed by atoms with Crippen molar-refractivity contribution in [2.24, 2.45) is 11.3 Å². The Labute approximate surface area is 199 Å². The topological polar surface area (TPSA) is 54.9 Å². The third kappa shape index (κ3) is 4.71. The maximum absolute atomic E-state index is 13.9. The minimum absolute atomic E-state index is 0.0115. The summed E-state index contributed by atoms with van der Waals surface area (Å²) in [5, 5.41) is 0. The number of pyridine rings is 1. The monoisotopic (exact) mass is 483 g/mol. The van der Waals surface area contributed by atoms with Crippen LogP contribution in [-0.4, -0.2) is 72.8 Å². The third-order valence-electron chi connectivity index (χ3n) is 8.38. The average Bonchev–Trinajstić information content (AvgIpc) is 3.28. The summed E-state index contributed by atoms with van der Waals surface area (Å²) in [6.45, 7) is 6.14. The summed E-state index contributed by atoms with van der Waals surface area (Å²) in [5.74, 6) is 0.198. The van der Waals surface area contributed by atoms with Crippen LogP contribution in [0.3, 0.4) is 0 Å². The average molecular weight is 484 g/mol. The highest BCUT2D eigenvalue weighted by Gasteiger charge is 2.51. The van der Waals surface area contributed by atoms with Crippen LogP contribution in [0.2, 0.25) is 0 Å². The summed E-state index contributed by atoms with van der Waals surface area (Å²) >= 11 is 0. The van der Waals surface area contributed by atoms with Crippen LogP contribution in [0.5, 0.6) is 0 Å². The zero-order chi connectivity index (χ0) is 24.7. The Hall–Kier alpha value is -1.71. The number of alkyl halides is 3. The summed E-state index contributed by atoms with van der Waals surface area (Å²) in [6.07, 6.45) is 0.283. The number of hydrogen-bond acceptors (Lipinski definition) is 5. The first-order valence-electron chi connectivity index (χ1n) is 12.2. The normalized spacial score (nSPS) is 30.1. The summed E-state index contributed by atoms with van der Waals surface area (Å²) in [4.78, 5) is 22.1. The Morgan fingerprint density at radius 3 is 2.79 bits per heavy atom. The predicted molar refractivity (Wildman–Crippen MR) is 121 cm³/mol. The van der Waals surface area contributed by atoms with Gasteiger partial charge < -0.3 is 14.4 Å². The Balaban J connectivity index is 1.51. The Morgan fingerprint density at radius 2 is 2.12 bits per heavy atom. The molecule has 3 aliphatic rings. The molecule has 2 unspecified atom stereocenters. The van der Waals surface area contributed by atoms with Gasteiger partial charge in [0.15, 0.2) is 0 Å². The van der Waals surface area contributed by atoms with Gasteiger partial charge >= 0.3 is 6.18 Å². The molecule has 1 aromatic heterocycles. The molecule has 1 saturated heterocycles. The first-order chi connectivity index (χ1) is 16.1. The zero-order valence-electron chi connectivity index (χ0n) is 20.5. The van der Waals surface area contributed by atoms with E-state index in [-0.39, 0.29) is 36.6 Å². The van der Waals surface area contributed by atoms with E-state index < -0.39 is 17.2 Å². The van der Waals surface area contributed by atoms with Crippen LogP contribution in [0.4, 0.5) is 13.2 Å². The van der Waals surface area contributed by atoms with Gasteiger partial charge in [0.05, 0.1) is 23.7 Å². The molecule has 0 aromatic carbocycles. The molecular weight excluding hydrogens is 447 g/mol. The van der Waals surface area contributed by atoms with Crippen molar-refractivity contribution in [2.75, 3.05) is 33.9 Å². The highest BCUT2D eigenvalue weighted by atomic mass is 19.4. The predicted octanol–water partition coefficient (Wildman–Crippen LogP) is 3.92. The lowest BCUT2D eigenvalue weighted by Gasteiger charge is -2.42. The molecule has 190 valence electrons. The number of amides is 1. The van der Waals surface area contributed by atoms with Crippen molar-refractivity contribution < 1.29 is 27.4 Å². The number of ether oxygens (including phenoxy) is 2. The lowest BCUT2D eigenvalue weighted by Crippen LogP contribution is -2.52. The standard InChI is InChI=1S/C25H36F3N3O3/c1-16(2)24(8-5-19(12-24)30(3)21-7-10-34-15-22(21)33-4)23(32)31-9-6-20-17(14-31)11-18(13-29-20)25(26,27)28/h11,13,16,19,21-22H,5-10,12,14-15H2,1-4H3/t19-,21?,22?,24+/m1/s1. The van der Waals surface area contributed by atoms with Crippen LogP contribution in [-0.2, 0) is 33.4 Å². The fraction of sp³-hybridized carbons (Fsp3) is 0.760. The van der Waals surface area contributed by atoms with Crippen LogP contribution < -0.4 is 0 Å². The van der Waals surface area contributed by atoms with Crippen molar-refractivity contribution in [3.63, 3.8) is 0 Å². The summed E-state index contributed by atoms with van der Waals surface area (Å²) < 4.78 is 50.9. The molecule has 1 aromatic rings. The quantitative estimate of drug-likeness (QED) is 0.636. The summed E-state index contributed by atoms with van der Waals surface area (Å²) in [5.41, 5.74) is -0.111. The number of halogens is 3. The van der Waals surface area contributed by atoms with E-state index in [0.717, 1.165) is 37.9 Å². The minimum Gasteiger partial charge on any atom is -0.379 e. The molecule has 1 saturated carbocycles. The smallest absolute Gasteiger partial charge is 0.379 e. The summed E-state index contributed by atoms with van der Waals surface area (Å²) in [7, 11) is 3.83. The fourth-order valence-electron chi connectivity index (χ4n) is 6.09. The van der Waals surface area contributed by atoms with E-state index in [9.17, 15) is 18.0 Å². The molecule has 0 N–H and O–H groups in total. The van der Waals surface area contributed by atoms with E-state index in [1.165, 1.54) is 0 Å². The second kappa shape index (κ2) is 9.74. The van der Waals surface area contributed by atoms with Crippen molar-refractivity contribution in [3.05, 3.63) is 29.1 Å². The highest BCUT2D eigenvalue weighted by molar-refractivity contribution is 5.83. The number of methoxy groups -OCH3 is 1. The van der Waals surface area contributed by atoms with Crippen LogP contribution in [0.1, 0.15) is 56.4 Å². The largest absolute Gasteiger partial charge is 0.417 e. The molecule has 9 heteroatoms. The number of rotatable bonds is 5. The molecule has 6 nitrogen and oxygen atoms in total. The molecule has 4 atom stereocenters. The second-order valence-electron chi connectivity index (χ2n) is 10.4. The maximum atomic E-state index is 13.9. The Kier molecular flexibility index (Phi) is 7.27. The van der Waals surface area contributed by atoms with Crippen molar-refractivity contribution in [1.29, 1.82) is 0 Å². The molecule has 1 amide bonds. The molecule has 1 aliphatic carbocycles. The van der Waals surface area contributed by atoms with E-state index in [1.54, 1.807) is 12.0 Å². The molecule has 34 heavy (non-hydrogen) atoms. The van der Waals surface area contributed by atoms with Gasteiger partial charge in [-0.1, -0.05) is 13.8 Å². The molecule has 2 fully saturated rings. The number of aromatic nitrogens is 1. The van der Waals surface area contributed by atoms with Crippen LogP contribution >= 0.6 is 0 Å². The van der Waals surface area contributed by atoms with Crippen LogP contribution in [0.25, 0.3) is 0 Å². The third-order valence-corrected chi connectivity index (χ3v) is 8.38. The van der Waals surface area contributed by atoms with Gasteiger partial charge in [-0.3, -0.25) is 14.7 Å². The number of nitrogens with zero attached hydrogens (tertiary/aromatic N) is 3. The van der Waals surface area contributed by atoms with Crippen molar-refractivity contribution >= 4 is 5.91 Å². The van der Waals surface area contributed by atoms with E-state index in [0.29, 0.717) is 37.4 Å². The minimum atomic E-state index is -4.44. The van der Waals surface area contributed by atoms with Gasteiger partial charge in [0.25, 0.3) is 0 Å². The van der Waals surface area contributed by atoms with E-state index >= 15 is 0 Å². The Morgan fingerprint density at radius 1 is 1.35 bits per heavy atom. The molecule has 0 spiro atoms. The van der Waals surface area contributed by atoms with Crippen LogP contribution in [0, 0.1) is 11.3 Å². The fourth-order valence-corrected chi connectivity index (χ4v) is 6.09. The molecule has 0 bridgehead atoms. The first kappa shape index (κ1) is 25.4. The number of hydrogen-bond donors (Lipinski definition) is 0. The van der Waals surface area contributed by atoms with Gasteiger partial charge in [-0.25, -0.2) is 0 Å². The summed E-state index contributed by atoms with van der Waals surface area (Å²) in [6, 6.07) is 1.66. The Bertz CT molecular complexity index is 894. The van der Waals surface area contributed by atoms with E-state index in [1.807, 2.05) is 0 Å². The second-order valence-corrected chi connectivity index (χ2v) is 10.4. The van der Waals surface area contributed by atoms with Gasteiger partial charge in [-0.2, -0.15) is 13.2 Å².